The molecule has 0 bridgehead atoms. The summed E-state index contributed by atoms with van der Waals surface area (Å²) in [5.74, 6) is -2.43. The molecule has 144 valence electrons. The lowest BCUT2D eigenvalue weighted by Gasteiger charge is -2.24. The quantitative estimate of drug-likeness (QED) is 0.739. The standard InChI is InChI=1S/C20H19F3O4/c1-10-13(9-14(19(2,3)4)17(25)15(10)18(26)27)16(24)11-5-7-12(8-6-11)20(21,22)23/h5-9,25H,1-4H3,(H,26,27). The molecule has 27 heavy (non-hydrogen) atoms. The van der Waals surface area contributed by atoms with E-state index in [-0.39, 0.29) is 22.3 Å². The number of hydrogen-bond acceptors (Lipinski definition) is 3. The third-order valence-electron chi connectivity index (χ3n) is 4.30. The number of halogens is 3. The van der Waals surface area contributed by atoms with Gasteiger partial charge in [0.15, 0.2) is 5.78 Å². The Kier molecular flexibility index (Phi) is 5.10. The topological polar surface area (TPSA) is 74.6 Å². The summed E-state index contributed by atoms with van der Waals surface area (Å²) in [6.07, 6.45) is -4.52. The number of carbonyl (C=O) groups excluding carboxylic acids is 1. The van der Waals surface area contributed by atoms with Crippen LogP contribution in [-0.2, 0) is 11.6 Å². The minimum atomic E-state index is -4.52. The van der Waals surface area contributed by atoms with Crippen LogP contribution in [0, 0.1) is 6.92 Å². The van der Waals surface area contributed by atoms with Crippen molar-refractivity contribution in [2.75, 3.05) is 0 Å². The average molecular weight is 380 g/mol. The van der Waals surface area contributed by atoms with Crippen LogP contribution >= 0.6 is 0 Å². The summed E-state index contributed by atoms with van der Waals surface area (Å²) < 4.78 is 38.1. The molecular formula is C20H19F3O4. The molecule has 0 aliphatic rings. The van der Waals surface area contributed by atoms with E-state index in [1.165, 1.54) is 13.0 Å². The van der Waals surface area contributed by atoms with Crippen LogP contribution < -0.4 is 0 Å². The molecule has 0 aromatic heterocycles. The normalized spacial score (nSPS) is 12.1. The van der Waals surface area contributed by atoms with Crippen LogP contribution in [0.25, 0.3) is 0 Å². The minimum Gasteiger partial charge on any atom is -0.507 e. The molecule has 0 spiro atoms. The van der Waals surface area contributed by atoms with Crippen LogP contribution in [0.3, 0.4) is 0 Å². The Morgan fingerprint density at radius 3 is 1.93 bits per heavy atom. The molecule has 2 aromatic rings. The fourth-order valence-corrected chi connectivity index (χ4v) is 2.80. The van der Waals surface area contributed by atoms with Crippen molar-refractivity contribution in [3.63, 3.8) is 0 Å². The first-order valence-electron chi connectivity index (χ1n) is 8.07. The molecule has 2 N–H and O–H groups in total. The zero-order chi connectivity index (χ0) is 20.7. The third kappa shape index (κ3) is 3.97. The molecule has 7 heteroatoms. The smallest absolute Gasteiger partial charge is 0.416 e. The zero-order valence-electron chi connectivity index (χ0n) is 15.2. The minimum absolute atomic E-state index is 0.00649. The predicted octanol–water partition coefficient (Wildman–Crippen LogP) is 4.95. The van der Waals surface area contributed by atoms with Crippen LogP contribution in [0.15, 0.2) is 30.3 Å². The van der Waals surface area contributed by atoms with Gasteiger partial charge in [0.1, 0.15) is 11.3 Å². The zero-order valence-corrected chi connectivity index (χ0v) is 15.2. The van der Waals surface area contributed by atoms with Crippen LogP contribution in [-0.4, -0.2) is 22.0 Å². The van der Waals surface area contributed by atoms with E-state index in [1.807, 2.05) is 0 Å². The molecule has 4 nitrogen and oxygen atoms in total. The van der Waals surface area contributed by atoms with Crippen molar-refractivity contribution in [1.82, 2.24) is 0 Å². The second-order valence-electron chi connectivity index (χ2n) is 7.28. The van der Waals surface area contributed by atoms with Gasteiger partial charge in [-0.2, -0.15) is 13.2 Å². The number of carbonyl (C=O) groups is 2. The number of carboxylic acid groups (broad SMARTS) is 1. The Balaban J connectivity index is 2.65. The van der Waals surface area contributed by atoms with E-state index in [1.54, 1.807) is 20.8 Å². The number of ketones is 1. The molecule has 0 atom stereocenters. The van der Waals surface area contributed by atoms with Gasteiger partial charge in [-0.05, 0) is 36.1 Å². The van der Waals surface area contributed by atoms with Gasteiger partial charge in [-0.15, -0.1) is 0 Å². The van der Waals surface area contributed by atoms with Crippen LogP contribution in [0.1, 0.15) is 63.7 Å². The highest BCUT2D eigenvalue weighted by Gasteiger charge is 2.31. The van der Waals surface area contributed by atoms with Crippen LogP contribution in [0.5, 0.6) is 5.75 Å². The molecule has 0 saturated carbocycles. The van der Waals surface area contributed by atoms with Crippen LogP contribution in [0.2, 0.25) is 0 Å². The maximum absolute atomic E-state index is 12.8. The van der Waals surface area contributed by atoms with Crippen molar-refractivity contribution in [2.24, 2.45) is 0 Å². The maximum atomic E-state index is 12.8. The third-order valence-corrected chi connectivity index (χ3v) is 4.30. The van der Waals surface area contributed by atoms with Gasteiger partial charge in [0.2, 0.25) is 0 Å². The first kappa shape index (κ1) is 20.5. The highest BCUT2D eigenvalue weighted by Crippen LogP contribution is 2.37. The Labute approximate surface area is 154 Å². The highest BCUT2D eigenvalue weighted by molar-refractivity contribution is 6.12. The highest BCUT2D eigenvalue weighted by atomic mass is 19.4. The van der Waals surface area contributed by atoms with Gasteiger partial charge >= 0.3 is 12.1 Å². The van der Waals surface area contributed by atoms with E-state index >= 15 is 0 Å². The number of benzene rings is 2. The molecule has 2 rings (SSSR count). The van der Waals surface area contributed by atoms with Crippen molar-refractivity contribution in [3.8, 4) is 5.75 Å². The second-order valence-corrected chi connectivity index (χ2v) is 7.28. The Morgan fingerprint density at radius 2 is 1.52 bits per heavy atom. The maximum Gasteiger partial charge on any atom is 0.416 e. The Morgan fingerprint density at radius 1 is 1.00 bits per heavy atom. The summed E-state index contributed by atoms with van der Waals surface area (Å²) >= 11 is 0. The van der Waals surface area contributed by atoms with E-state index in [2.05, 4.69) is 0 Å². The number of aromatic carboxylic acids is 1. The van der Waals surface area contributed by atoms with E-state index < -0.39 is 40.2 Å². The molecule has 2 aromatic carbocycles. The van der Waals surface area contributed by atoms with Crippen molar-refractivity contribution >= 4 is 11.8 Å². The van der Waals surface area contributed by atoms with Crippen molar-refractivity contribution in [2.45, 2.75) is 39.3 Å². The van der Waals surface area contributed by atoms with Gasteiger partial charge < -0.3 is 10.2 Å². The lowest BCUT2D eigenvalue weighted by atomic mass is 9.81. The predicted molar refractivity (Wildman–Crippen MR) is 93.4 cm³/mol. The number of aromatic hydroxyl groups is 1. The van der Waals surface area contributed by atoms with Crippen molar-refractivity contribution < 1.29 is 33.0 Å². The first-order chi connectivity index (χ1) is 12.2. The van der Waals surface area contributed by atoms with E-state index in [0.717, 1.165) is 24.3 Å². The van der Waals surface area contributed by atoms with Gasteiger partial charge in [-0.1, -0.05) is 32.9 Å². The van der Waals surface area contributed by atoms with Gasteiger partial charge in [0.05, 0.1) is 5.56 Å². The molecule has 0 saturated heterocycles. The molecule has 0 fully saturated rings. The van der Waals surface area contributed by atoms with E-state index in [0.29, 0.717) is 0 Å². The number of alkyl halides is 3. The van der Waals surface area contributed by atoms with E-state index in [4.69, 9.17) is 0 Å². The monoisotopic (exact) mass is 380 g/mol. The summed E-state index contributed by atoms with van der Waals surface area (Å²) in [6.45, 7) is 6.62. The average Bonchev–Trinajstić information content (AvgIpc) is 2.52. The van der Waals surface area contributed by atoms with Crippen molar-refractivity contribution in [3.05, 3.63) is 63.7 Å². The molecule has 0 aliphatic carbocycles. The lowest BCUT2D eigenvalue weighted by Crippen LogP contribution is -2.17. The number of rotatable bonds is 3. The fourth-order valence-electron chi connectivity index (χ4n) is 2.80. The van der Waals surface area contributed by atoms with Gasteiger partial charge in [0.25, 0.3) is 0 Å². The molecule has 0 unspecified atom stereocenters. The molecule has 0 aliphatic heterocycles. The molecule has 0 radical (unpaired) electrons. The van der Waals surface area contributed by atoms with Crippen LogP contribution in [0.4, 0.5) is 13.2 Å². The van der Waals surface area contributed by atoms with Gasteiger partial charge in [-0.3, -0.25) is 4.79 Å². The fraction of sp³-hybridized carbons (Fsp3) is 0.300. The second kappa shape index (κ2) is 6.72. The lowest BCUT2D eigenvalue weighted by molar-refractivity contribution is -0.137. The molecule has 0 heterocycles. The van der Waals surface area contributed by atoms with Crippen molar-refractivity contribution in [1.29, 1.82) is 0 Å². The summed E-state index contributed by atoms with van der Waals surface area (Å²) in [6, 6.07) is 5.10. The Hall–Kier alpha value is -2.83. The molecule has 0 amide bonds. The number of hydrogen-bond donors (Lipinski definition) is 2. The summed E-state index contributed by atoms with van der Waals surface area (Å²) in [5, 5.41) is 19.8. The largest absolute Gasteiger partial charge is 0.507 e. The molecular weight excluding hydrogens is 361 g/mol. The summed E-state index contributed by atoms with van der Waals surface area (Å²) in [7, 11) is 0. The Bertz CT molecular complexity index is 905. The number of phenols is 1. The van der Waals surface area contributed by atoms with Gasteiger partial charge in [0, 0.05) is 16.7 Å². The number of carboxylic acids is 1. The SMILES string of the molecule is Cc1c(C(=O)c2ccc(C(F)(F)F)cc2)cc(C(C)(C)C)c(O)c1C(=O)O. The van der Waals surface area contributed by atoms with Gasteiger partial charge in [-0.25, -0.2) is 4.79 Å². The summed E-state index contributed by atoms with van der Waals surface area (Å²) in [5.41, 5.74) is -1.60. The van der Waals surface area contributed by atoms with E-state index in [9.17, 15) is 33.0 Å². The summed E-state index contributed by atoms with van der Waals surface area (Å²) in [4.78, 5) is 24.4. The first-order valence-corrected chi connectivity index (χ1v) is 8.07.